The van der Waals surface area contributed by atoms with Gasteiger partial charge in [-0.15, -0.1) is 0 Å². The van der Waals surface area contributed by atoms with Gasteiger partial charge in [-0.25, -0.2) is 14.3 Å². The number of ether oxygens (including phenoxy) is 1. The minimum atomic E-state index is -0.637. The zero-order chi connectivity index (χ0) is 20.3. The van der Waals surface area contributed by atoms with Crippen LogP contribution in [0.4, 0.5) is 16.2 Å². The Morgan fingerprint density at radius 2 is 1.61 bits per heavy atom. The Morgan fingerprint density at radius 3 is 2.29 bits per heavy atom. The molecule has 0 saturated carbocycles. The lowest BCUT2D eigenvalue weighted by Gasteiger charge is -2.10. The van der Waals surface area contributed by atoms with Gasteiger partial charge in [0.15, 0.2) is 0 Å². The molecule has 3 aromatic rings. The van der Waals surface area contributed by atoms with Crippen molar-refractivity contribution in [3.8, 4) is 5.69 Å². The van der Waals surface area contributed by atoms with E-state index in [1.54, 1.807) is 49.0 Å². The predicted octanol–water partition coefficient (Wildman–Crippen LogP) is 2.92. The fourth-order valence-electron chi connectivity index (χ4n) is 2.86. The molecule has 2 amide bonds. The SMILES string of the molecule is COC(=O)c1ccccc1NC(=O)Nc1c(C)n(C)n(-c2ccccc2)c1=O. The first-order valence-corrected chi connectivity index (χ1v) is 8.53. The van der Waals surface area contributed by atoms with Gasteiger partial charge in [0.2, 0.25) is 0 Å². The molecule has 0 saturated heterocycles. The highest BCUT2D eigenvalue weighted by molar-refractivity contribution is 6.05. The highest BCUT2D eigenvalue weighted by Crippen LogP contribution is 2.18. The monoisotopic (exact) mass is 380 g/mol. The molecule has 28 heavy (non-hydrogen) atoms. The van der Waals surface area contributed by atoms with E-state index in [9.17, 15) is 14.4 Å². The number of urea groups is 1. The summed E-state index contributed by atoms with van der Waals surface area (Å²) in [4.78, 5) is 37.2. The molecule has 0 aliphatic heterocycles. The van der Waals surface area contributed by atoms with E-state index < -0.39 is 12.0 Å². The number of carbonyl (C=O) groups excluding carboxylic acids is 2. The molecule has 2 aromatic carbocycles. The van der Waals surface area contributed by atoms with E-state index in [0.717, 1.165) is 0 Å². The maximum atomic E-state index is 12.8. The number of hydrogen-bond acceptors (Lipinski definition) is 4. The van der Waals surface area contributed by atoms with E-state index in [0.29, 0.717) is 11.4 Å². The van der Waals surface area contributed by atoms with Crippen molar-refractivity contribution in [3.63, 3.8) is 0 Å². The molecular formula is C20H20N4O4. The number of benzene rings is 2. The van der Waals surface area contributed by atoms with Crippen molar-refractivity contribution >= 4 is 23.4 Å². The average Bonchev–Trinajstić information content (AvgIpc) is 2.91. The van der Waals surface area contributed by atoms with Crippen LogP contribution in [0.5, 0.6) is 0 Å². The van der Waals surface area contributed by atoms with Gasteiger partial charge in [0.1, 0.15) is 5.69 Å². The first kappa shape index (κ1) is 19.0. The first-order valence-electron chi connectivity index (χ1n) is 8.53. The molecule has 144 valence electrons. The highest BCUT2D eigenvalue weighted by Gasteiger charge is 2.19. The predicted molar refractivity (Wildman–Crippen MR) is 106 cm³/mol. The molecule has 0 atom stereocenters. The standard InChI is InChI=1S/C20H20N4O4/c1-13-17(18(25)24(23(13)2)14-9-5-4-6-10-14)22-20(27)21-16-12-8-7-11-15(16)19(26)28-3/h4-12H,1-3H3,(H2,21,22,27). The van der Waals surface area contributed by atoms with Crippen LogP contribution in [-0.4, -0.2) is 28.5 Å². The van der Waals surface area contributed by atoms with Crippen LogP contribution < -0.4 is 16.2 Å². The number of hydrogen-bond donors (Lipinski definition) is 2. The maximum absolute atomic E-state index is 12.8. The van der Waals surface area contributed by atoms with Crippen molar-refractivity contribution in [1.29, 1.82) is 0 Å². The van der Waals surface area contributed by atoms with Crippen molar-refractivity contribution in [2.24, 2.45) is 7.05 Å². The third-order valence-corrected chi connectivity index (χ3v) is 4.37. The lowest BCUT2D eigenvalue weighted by atomic mass is 10.2. The smallest absolute Gasteiger partial charge is 0.339 e. The zero-order valence-corrected chi connectivity index (χ0v) is 15.7. The van der Waals surface area contributed by atoms with Gasteiger partial charge in [0.05, 0.1) is 29.7 Å². The number of anilines is 2. The van der Waals surface area contributed by atoms with Gasteiger partial charge < -0.3 is 15.4 Å². The van der Waals surface area contributed by atoms with Gasteiger partial charge in [-0.2, -0.15) is 0 Å². The Kier molecular flexibility index (Phi) is 5.30. The number of nitrogens with one attached hydrogen (secondary N) is 2. The topological polar surface area (TPSA) is 94.4 Å². The molecule has 8 nitrogen and oxygen atoms in total. The van der Waals surface area contributed by atoms with Crippen molar-refractivity contribution in [1.82, 2.24) is 9.36 Å². The minimum Gasteiger partial charge on any atom is -0.465 e. The summed E-state index contributed by atoms with van der Waals surface area (Å²) in [5.41, 5.74) is 1.56. The van der Waals surface area contributed by atoms with E-state index in [-0.39, 0.29) is 22.5 Å². The summed E-state index contributed by atoms with van der Waals surface area (Å²) in [5, 5.41) is 5.17. The van der Waals surface area contributed by atoms with Crippen LogP contribution in [0.3, 0.4) is 0 Å². The van der Waals surface area contributed by atoms with Gasteiger partial charge in [-0.3, -0.25) is 9.48 Å². The Labute approximate surface area is 161 Å². The molecular weight excluding hydrogens is 360 g/mol. The van der Waals surface area contributed by atoms with Crippen LogP contribution in [0.2, 0.25) is 0 Å². The molecule has 0 aliphatic rings. The van der Waals surface area contributed by atoms with Crippen LogP contribution in [0.25, 0.3) is 5.69 Å². The minimum absolute atomic E-state index is 0.152. The normalized spacial score (nSPS) is 10.4. The van der Waals surface area contributed by atoms with Crippen LogP contribution in [0, 0.1) is 6.92 Å². The quantitative estimate of drug-likeness (QED) is 0.681. The average molecular weight is 380 g/mol. The summed E-state index contributed by atoms with van der Waals surface area (Å²) >= 11 is 0. The largest absolute Gasteiger partial charge is 0.465 e. The first-order chi connectivity index (χ1) is 13.4. The summed E-state index contributed by atoms with van der Waals surface area (Å²) in [6.45, 7) is 1.73. The molecule has 1 aromatic heterocycles. The number of nitrogens with zero attached hydrogens (tertiary/aromatic N) is 2. The van der Waals surface area contributed by atoms with E-state index in [1.807, 2.05) is 18.2 Å². The maximum Gasteiger partial charge on any atom is 0.339 e. The Hall–Kier alpha value is -3.81. The summed E-state index contributed by atoms with van der Waals surface area (Å²) in [6.07, 6.45) is 0. The summed E-state index contributed by atoms with van der Waals surface area (Å²) in [6, 6.07) is 14.9. The summed E-state index contributed by atoms with van der Waals surface area (Å²) in [7, 11) is 3.00. The van der Waals surface area contributed by atoms with Crippen LogP contribution in [0.1, 0.15) is 16.1 Å². The Balaban J connectivity index is 1.89. The molecule has 1 heterocycles. The number of rotatable bonds is 4. The summed E-state index contributed by atoms with van der Waals surface area (Å²) < 4.78 is 7.84. The lowest BCUT2D eigenvalue weighted by Crippen LogP contribution is -2.26. The number of amides is 2. The van der Waals surface area contributed by atoms with Gasteiger partial charge >= 0.3 is 12.0 Å². The van der Waals surface area contributed by atoms with Gasteiger partial charge in [0, 0.05) is 7.05 Å². The summed E-state index contributed by atoms with van der Waals surface area (Å²) in [5.74, 6) is -0.571. The Bertz CT molecular complexity index is 1080. The van der Waals surface area contributed by atoms with Crippen molar-refractivity contribution in [3.05, 3.63) is 76.2 Å². The molecule has 0 aliphatic carbocycles. The van der Waals surface area contributed by atoms with Crippen LogP contribution in [0.15, 0.2) is 59.4 Å². The van der Waals surface area contributed by atoms with Crippen molar-refractivity contribution < 1.29 is 14.3 Å². The van der Waals surface area contributed by atoms with E-state index in [2.05, 4.69) is 10.6 Å². The highest BCUT2D eigenvalue weighted by atomic mass is 16.5. The van der Waals surface area contributed by atoms with Crippen LogP contribution in [-0.2, 0) is 11.8 Å². The number of esters is 1. The second-order valence-electron chi connectivity index (χ2n) is 6.05. The second kappa shape index (κ2) is 7.83. The van der Waals surface area contributed by atoms with Crippen molar-refractivity contribution in [2.75, 3.05) is 17.7 Å². The van der Waals surface area contributed by atoms with Crippen LogP contribution >= 0.6 is 0 Å². The van der Waals surface area contributed by atoms with E-state index in [4.69, 9.17) is 4.74 Å². The molecule has 8 heteroatoms. The van der Waals surface area contributed by atoms with E-state index >= 15 is 0 Å². The molecule has 0 unspecified atom stereocenters. The van der Waals surface area contributed by atoms with Gasteiger partial charge in [0.25, 0.3) is 5.56 Å². The molecule has 0 spiro atoms. The molecule has 0 radical (unpaired) electrons. The fourth-order valence-corrected chi connectivity index (χ4v) is 2.86. The molecule has 3 rings (SSSR count). The number of aromatic nitrogens is 2. The van der Waals surface area contributed by atoms with Gasteiger partial charge in [-0.05, 0) is 31.2 Å². The molecule has 2 N–H and O–H groups in total. The molecule has 0 fully saturated rings. The van der Waals surface area contributed by atoms with Crippen molar-refractivity contribution in [2.45, 2.75) is 6.92 Å². The number of methoxy groups -OCH3 is 1. The Morgan fingerprint density at radius 1 is 0.964 bits per heavy atom. The lowest BCUT2D eigenvalue weighted by molar-refractivity contribution is 0.0602. The third-order valence-electron chi connectivity index (χ3n) is 4.37. The van der Waals surface area contributed by atoms with E-state index in [1.165, 1.54) is 17.9 Å². The second-order valence-corrected chi connectivity index (χ2v) is 6.05. The third kappa shape index (κ3) is 3.52. The molecule has 0 bridgehead atoms. The number of para-hydroxylation sites is 2. The van der Waals surface area contributed by atoms with Gasteiger partial charge in [-0.1, -0.05) is 30.3 Å². The number of carbonyl (C=O) groups is 2. The fraction of sp³-hybridized carbons (Fsp3) is 0.150. The zero-order valence-electron chi connectivity index (χ0n) is 15.7.